The summed E-state index contributed by atoms with van der Waals surface area (Å²) < 4.78 is 41.3. The first-order valence-corrected chi connectivity index (χ1v) is 23.5. The molecule has 5 aromatic rings. The third kappa shape index (κ3) is 10.1. The van der Waals surface area contributed by atoms with Gasteiger partial charge in [0.25, 0.3) is 11.8 Å². The number of aliphatic imine (C=N–C) groups is 1. The lowest BCUT2D eigenvalue weighted by atomic mass is 10.1. The van der Waals surface area contributed by atoms with Gasteiger partial charge in [-0.25, -0.2) is 0 Å². The summed E-state index contributed by atoms with van der Waals surface area (Å²) in [5.41, 5.74) is 8.97. The van der Waals surface area contributed by atoms with E-state index in [0.29, 0.717) is 105 Å². The van der Waals surface area contributed by atoms with Crippen LogP contribution in [0.1, 0.15) is 56.8 Å². The summed E-state index contributed by atoms with van der Waals surface area (Å²) in [5.74, 6) is 1.62. The van der Waals surface area contributed by atoms with Crippen molar-refractivity contribution in [3.05, 3.63) is 124 Å². The fraction of sp³-hybridized carbons (Fsp3) is 0.377. The van der Waals surface area contributed by atoms with E-state index in [0.717, 1.165) is 45.7 Å². The summed E-state index contributed by atoms with van der Waals surface area (Å²) in [4.78, 5) is 39.0. The van der Waals surface area contributed by atoms with Crippen molar-refractivity contribution in [3.8, 4) is 23.0 Å². The van der Waals surface area contributed by atoms with Gasteiger partial charge in [0.2, 0.25) is 0 Å². The number of hydrogen-bond donors (Lipinski definition) is 2. The molecule has 0 saturated carbocycles. The standard InChI is InChI=1S/C53H59N5O9S/c1-53(2,68)33-56(14-15-64-18-19-65-17-16-61-3)38-21-34(31-66-49-27-43-41(25-47(49)62-4)51(59)57-39(29-54-43)23-36-10-6-8-12-45(36)57)20-35(22-38)32-67-50-28-44-42(26-48(50)63-5)52(60)58-40(30-55-44)24-37-11-7-9-13-46(37)58/h6-13,20-22,25-29,39-40,55,68H,14-19,23-24,30-33H2,1-5H3/t39-,40?/m0/s1. The van der Waals surface area contributed by atoms with Crippen molar-refractivity contribution in [2.75, 3.05) is 94.0 Å². The number of fused-ring (bicyclic) bond motifs is 8. The molecule has 0 radical (unpaired) electrons. The van der Waals surface area contributed by atoms with Gasteiger partial charge in [0.1, 0.15) is 13.2 Å². The van der Waals surface area contributed by atoms with E-state index >= 15 is 0 Å². The third-order valence-electron chi connectivity index (χ3n) is 12.6. The monoisotopic (exact) mass is 941 g/mol. The van der Waals surface area contributed by atoms with E-state index in [-0.39, 0.29) is 41.9 Å². The van der Waals surface area contributed by atoms with Gasteiger partial charge in [-0.1, -0.05) is 36.4 Å². The maximum absolute atomic E-state index is 14.1. The summed E-state index contributed by atoms with van der Waals surface area (Å²) in [6, 6.07) is 29.3. The first-order valence-electron chi connectivity index (χ1n) is 23.1. The van der Waals surface area contributed by atoms with Crippen LogP contribution in [0.15, 0.2) is 96.0 Å². The predicted octanol–water partition coefficient (Wildman–Crippen LogP) is 8.34. The van der Waals surface area contributed by atoms with Crippen molar-refractivity contribution < 1.29 is 42.7 Å². The zero-order chi connectivity index (χ0) is 47.4. The van der Waals surface area contributed by atoms with Gasteiger partial charge in [-0.3, -0.25) is 19.5 Å². The van der Waals surface area contributed by atoms with Crippen molar-refractivity contribution >= 4 is 59.1 Å². The molecule has 0 aliphatic carbocycles. The summed E-state index contributed by atoms with van der Waals surface area (Å²) in [5, 5.41) is 3.53. The highest BCUT2D eigenvalue weighted by Gasteiger charge is 2.39. The van der Waals surface area contributed by atoms with Crippen LogP contribution in [0.5, 0.6) is 23.0 Å². The number of para-hydroxylation sites is 2. The average Bonchev–Trinajstić information content (AvgIpc) is 3.83. The van der Waals surface area contributed by atoms with Crippen LogP contribution in [0, 0.1) is 0 Å². The largest absolute Gasteiger partial charge is 0.493 e. The number of hydrogen-bond acceptors (Lipinski definition) is 13. The van der Waals surface area contributed by atoms with E-state index < -0.39 is 0 Å². The molecule has 68 heavy (non-hydrogen) atoms. The quantitative estimate of drug-likeness (QED) is 0.0577. The van der Waals surface area contributed by atoms with E-state index in [2.05, 4.69) is 54.4 Å². The smallest absolute Gasteiger partial charge is 0.261 e. The highest BCUT2D eigenvalue weighted by molar-refractivity contribution is 7.81. The molecule has 2 atom stereocenters. The van der Waals surface area contributed by atoms with Crippen LogP contribution in [0.3, 0.4) is 0 Å². The maximum atomic E-state index is 14.1. The highest BCUT2D eigenvalue weighted by Crippen LogP contribution is 2.43. The zero-order valence-corrected chi connectivity index (χ0v) is 40.2. The lowest BCUT2D eigenvalue weighted by Crippen LogP contribution is -2.39. The van der Waals surface area contributed by atoms with Gasteiger partial charge in [-0.15, -0.1) is 0 Å². The Bertz CT molecular complexity index is 2690. The van der Waals surface area contributed by atoms with Crippen molar-refractivity contribution in [1.82, 2.24) is 0 Å². The van der Waals surface area contributed by atoms with Crippen LogP contribution in [-0.2, 0) is 40.3 Å². The molecule has 4 aliphatic rings. The Hall–Kier alpha value is -6.26. The van der Waals surface area contributed by atoms with Crippen LogP contribution in [0.4, 0.5) is 28.4 Å². The lowest BCUT2D eigenvalue weighted by molar-refractivity contribution is 0.0264. The summed E-state index contributed by atoms with van der Waals surface area (Å²) in [6.45, 7) is 8.72. The van der Waals surface area contributed by atoms with E-state index in [1.165, 1.54) is 0 Å². The van der Waals surface area contributed by atoms with Gasteiger partial charge in [-0.05, 0) is 85.0 Å². The second kappa shape index (κ2) is 20.5. The number of amides is 2. The van der Waals surface area contributed by atoms with Gasteiger partial charge < -0.3 is 48.3 Å². The van der Waals surface area contributed by atoms with Gasteiger partial charge in [0.15, 0.2) is 23.0 Å². The Morgan fingerprint density at radius 3 is 1.99 bits per heavy atom. The Labute approximate surface area is 403 Å². The summed E-state index contributed by atoms with van der Waals surface area (Å²) in [7, 11) is 4.80. The number of thiol groups is 1. The van der Waals surface area contributed by atoms with Crippen LogP contribution in [0.2, 0.25) is 0 Å². The second-order valence-corrected chi connectivity index (χ2v) is 19.2. The van der Waals surface area contributed by atoms with Gasteiger partial charge in [0, 0.05) is 73.3 Å². The second-order valence-electron chi connectivity index (χ2n) is 18.0. The normalized spacial score (nSPS) is 16.7. The van der Waals surface area contributed by atoms with Crippen LogP contribution < -0.4 is 39.0 Å². The molecule has 4 aliphatic heterocycles. The number of carbonyl (C=O) groups is 2. The molecule has 0 aromatic heterocycles. The Morgan fingerprint density at radius 2 is 1.31 bits per heavy atom. The molecule has 0 saturated heterocycles. The number of nitrogens with zero attached hydrogens (tertiary/aromatic N) is 4. The molecule has 5 aromatic carbocycles. The Balaban J connectivity index is 0.986. The number of anilines is 4. The van der Waals surface area contributed by atoms with Crippen LogP contribution in [-0.4, -0.2) is 109 Å². The molecular formula is C53H59N5O9S. The fourth-order valence-corrected chi connectivity index (χ4v) is 9.59. The first-order chi connectivity index (χ1) is 33.0. The van der Waals surface area contributed by atoms with E-state index in [9.17, 15) is 9.59 Å². The van der Waals surface area contributed by atoms with Crippen LogP contribution >= 0.6 is 12.6 Å². The number of ether oxygens (including phenoxy) is 7. The SMILES string of the molecule is COCCOCCOCCN(CC(C)(C)S)c1cc(COc2cc3c(cc2OC)C(=O)N2c4ccccc4C[C@H]2C=N3)cc(COc2cc3c(cc2OC)C(=O)N2c4ccccc4CC2CN3)c1. The fourth-order valence-electron chi connectivity index (χ4n) is 9.42. The average molecular weight is 942 g/mol. The summed E-state index contributed by atoms with van der Waals surface area (Å²) in [6.07, 6.45) is 3.33. The van der Waals surface area contributed by atoms with Crippen molar-refractivity contribution in [2.24, 2.45) is 4.99 Å². The van der Waals surface area contributed by atoms with Gasteiger partial charge in [-0.2, -0.15) is 12.6 Å². The molecular weight excluding hydrogens is 883 g/mol. The van der Waals surface area contributed by atoms with Crippen molar-refractivity contribution in [1.29, 1.82) is 0 Å². The number of methoxy groups -OCH3 is 3. The minimum Gasteiger partial charge on any atom is -0.493 e. The minimum atomic E-state index is -0.354. The number of benzene rings is 5. The predicted molar refractivity (Wildman–Crippen MR) is 268 cm³/mol. The molecule has 14 nitrogen and oxygen atoms in total. The lowest BCUT2D eigenvalue weighted by Gasteiger charge is -2.32. The molecule has 1 unspecified atom stereocenters. The third-order valence-corrected chi connectivity index (χ3v) is 12.7. The molecule has 1 N–H and O–H groups in total. The molecule has 0 bridgehead atoms. The molecule has 15 heteroatoms. The van der Waals surface area contributed by atoms with E-state index in [1.807, 2.05) is 58.5 Å². The van der Waals surface area contributed by atoms with Gasteiger partial charge in [0.05, 0.1) is 81.8 Å². The molecule has 0 fully saturated rings. The molecule has 0 spiro atoms. The molecule has 2 amide bonds. The minimum absolute atomic E-state index is 0.00675. The van der Waals surface area contributed by atoms with Crippen molar-refractivity contribution in [3.63, 3.8) is 0 Å². The zero-order valence-electron chi connectivity index (χ0n) is 39.3. The number of carbonyl (C=O) groups excluding carboxylic acids is 2. The molecule has 356 valence electrons. The Kier molecular flexibility index (Phi) is 14.1. The first kappa shape index (κ1) is 46.8. The number of nitrogens with one attached hydrogen (secondary N) is 1. The maximum Gasteiger partial charge on any atom is 0.261 e. The summed E-state index contributed by atoms with van der Waals surface area (Å²) >= 11 is 4.94. The Morgan fingerprint density at radius 1 is 0.706 bits per heavy atom. The molecule has 4 heterocycles. The topological polar surface area (TPSA) is 133 Å². The van der Waals surface area contributed by atoms with Gasteiger partial charge >= 0.3 is 0 Å². The van der Waals surface area contributed by atoms with Crippen molar-refractivity contribution in [2.45, 2.75) is 56.7 Å². The van der Waals surface area contributed by atoms with E-state index in [1.54, 1.807) is 39.5 Å². The van der Waals surface area contributed by atoms with E-state index in [4.69, 9.17) is 50.8 Å². The number of rotatable bonds is 20. The molecule has 9 rings (SSSR count). The highest BCUT2D eigenvalue weighted by atomic mass is 32.1. The van der Waals surface area contributed by atoms with Crippen LogP contribution in [0.25, 0.3) is 0 Å².